The van der Waals surface area contributed by atoms with Crippen LogP contribution in [0.5, 0.6) is 0 Å². The van der Waals surface area contributed by atoms with Crippen molar-refractivity contribution in [3.8, 4) is 5.40 Å². The van der Waals surface area contributed by atoms with Crippen molar-refractivity contribution in [3.05, 3.63) is 35.9 Å². The second-order valence-electron chi connectivity index (χ2n) is 5.38. The highest BCUT2D eigenvalue weighted by Crippen LogP contribution is 2.38. The lowest BCUT2D eigenvalue weighted by atomic mass is 9.77. The molecule has 0 aliphatic rings. The van der Waals surface area contributed by atoms with Gasteiger partial charge in [-0.05, 0) is 43.0 Å². The number of hydrogen-bond donors (Lipinski definition) is 0. The summed E-state index contributed by atoms with van der Waals surface area (Å²) in [6.45, 7) is 8.74. The average Bonchev–Trinajstić information content (AvgIpc) is 2.17. The van der Waals surface area contributed by atoms with E-state index in [0.29, 0.717) is 0 Å². The maximum absolute atomic E-state index is 8.78. The second-order valence-corrected chi connectivity index (χ2v) is 6.87. The first-order valence-electron chi connectivity index (χ1n) is 5.50. The molecule has 1 rings (SSSR count). The molecular weight excluding hydrogens is 214 g/mol. The molecule has 0 atom stereocenters. The molecule has 2 heteroatoms. The lowest BCUT2D eigenvalue weighted by molar-refractivity contribution is 0.425. The van der Waals surface area contributed by atoms with Crippen LogP contribution in [0.4, 0.5) is 0 Å². The molecule has 16 heavy (non-hydrogen) atoms. The molecule has 0 aliphatic heterocycles. The van der Waals surface area contributed by atoms with Crippen molar-refractivity contribution < 1.29 is 0 Å². The summed E-state index contributed by atoms with van der Waals surface area (Å²) in [5.74, 6) is 0. The van der Waals surface area contributed by atoms with Gasteiger partial charge in [0.25, 0.3) is 0 Å². The summed E-state index contributed by atoms with van der Waals surface area (Å²) in [6, 6.07) is 10.5. The Morgan fingerprint density at radius 1 is 1.12 bits per heavy atom. The van der Waals surface area contributed by atoms with Crippen LogP contribution in [0.1, 0.15) is 39.7 Å². The molecule has 0 saturated heterocycles. The highest BCUT2D eigenvalue weighted by Gasteiger charge is 2.30. The summed E-state index contributed by atoms with van der Waals surface area (Å²) < 4.78 is -0.00586. The molecule has 86 valence electrons. The fourth-order valence-electron chi connectivity index (χ4n) is 2.22. The maximum atomic E-state index is 8.78. The van der Waals surface area contributed by atoms with Crippen LogP contribution in [0.15, 0.2) is 30.3 Å². The summed E-state index contributed by atoms with van der Waals surface area (Å²) in [5, 5.41) is 11.0. The first kappa shape index (κ1) is 13.1. The van der Waals surface area contributed by atoms with Gasteiger partial charge in [0, 0.05) is 4.75 Å². The fourth-order valence-corrected chi connectivity index (χ4v) is 2.90. The third-order valence-electron chi connectivity index (χ3n) is 2.74. The maximum Gasteiger partial charge on any atom is 0.133 e. The predicted molar refractivity (Wildman–Crippen MR) is 71.4 cm³/mol. The third-order valence-corrected chi connectivity index (χ3v) is 3.53. The lowest BCUT2D eigenvalue weighted by Crippen LogP contribution is -2.28. The Labute approximate surface area is 103 Å². The lowest BCUT2D eigenvalue weighted by Gasteiger charge is -2.33. The van der Waals surface area contributed by atoms with Crippen molar-refractivity contribution in [3.63, 3.8) is 0 Å². The Kier molecular flexibility index (Phi) is 4.04. The molecule has 0 bridgehead atoms. The minimum absolute atomic E-state index is 0.00586. The third kappa shape index (κ3) is 3.57. The number of hydrogen-bond acceptors (Lipinski definition) is 2. The van der Waals surface area contributed by atoms with Gasteiger partial charge >= 0.3 is 0 Å². The first-order chi connectivity index (χ1) is 7.37. The van der Waals surface area contributed by atoms with E-state index in [-0.39, 0.29) is 10.2 Å². The van der Waals surface area contributed by atoms with Crippen molar-refractivity contribution in [2.75, 3.05) is 0 Å². The highest BCUT2D eigenvalue weighted by atomic mass is 32.2. The van der Waals surface area contributed by atoms with Crippen molar-refractivity contribution in [1.82, 2.24) is 0 Å². The highest BCUT2D eigenvalue weighted by molar-refractivity contribution is 8.04. The smallest absolute Gasteiger partial charge is 0.133 e. The average molecular weight is 233 g/mol. The zero-order chi connectivity index (χ0) is 12.2. The van der Waals surface area contributed by atoms with Gasteiger partial charge in [-0.1, -0.05) is 44.2 Å². The molecule has 0 unspecified atom stereocenters. The largest absolute Gasteiger partial charge is 0.185 e. The molecule has 0 radical (unpaired) electrons. The first-order valence-corrected chi connectivity index (χ1v) is 6.32. The normalized spacial score (nSPS) is 12.2. The van der Waals surface area contributed by atoms with Gasteiger partial charge in [-0.3, -0.25) is 0 Å². The van der Waals surface area contributed by atoms with E-state index in [0.717, 1.165) is 6.42 Å². The van der Waals surface area contributed by atoms with Gasteiger partial charge in [0.05, 0.1) is 0 Å². The number of rotatable bonds is 4. The second kappa shape index (κ2) is 4.93. The van der Waals surface area contributed by atoms with Crippen LogP contribution in [0.3, 0.4) is 0 Å². The van der Waals surface area contributed by atoms with Crippen LogP contribution in [0.25, 0.3) is 0 Å². The predicted octanol–water partition coefficient (Wildman–Crippen LogP) is 4.35. The fraction of sp³-hybridized carbons (Fsp3) is 0.500. The van der Waals surface area contributed by atoms with Crippen LogP contribution >= 0.6 is 11.8 Å². The zero-order valence-electron chi connectivity index (χ0n) is 10.4. The van der Waals surface area contributed by atoms with Crippen LogP contribution < -0.4 is 0 Å². The summed E-state index contributed by atoms with van der Waals surface area (Å²) in [4.78, 5) is 0. The van der Waals surface area contributed by atoms with Gasteiger partial charge in [-0.2, -0.15) is 5.26 Å². The Balaban J connectivity index is 2.84. The molecule has 0 saturated carbocycles. The standard InChI is InChI=1S/C14H19NS/c1-13(2,10-14(3,4)16-11-15)12-8-6-5-7-9-12/h5-9H,10H2,1-4H3. The summed E-state index contributed by atoms with van der Waals surface area (Å²) in [6.07, 6.45) is 0.988. The molecule has 1 nitrogen and oxygen atoms in total. The summed E-state index contributed by atoms with van der Waals surface area (Å²) in [5.41, 5.74) is 1.44. The van der Waals surface area contributed by atoms with Gasteiger partial charge < -0.3 is 0 Å². The van der Waals surface area contributed by atoms with E-state index in [1.165, 1.54) is 17.3 Å². The van der Waals surface area contributed by atoms with Gasteiger partial charge in [0.1, 0.15) is 5.40 Å². The minimum atomic E-state index is -0.00586. The number of thiocyanates is 1. The van der Waals surface area contributed by atoms with Crippen molar-refractivity contribution in [2.24, 2.45) is 0 Å². The van der Waals surface area contributed by atoms with E-state index in [9.17, 15) is 0 Å². The quantitative estimate of drug-likeness (QED) is 0.722. The molecule has 1 aromatic rings. The van der Waals surface area contributed by atoms with Crippen LogP contribution in [-0.4, -0.2) is 4.75 Å². The zero-order valence-corrected chi connectivity index (χ0v) is 11.3. The monoisotopic (exact) mass is 233 g/mol. The summed E-state index contributed by atoms with van der Waals surface area (Å²) >= 11 is 1.36. The van der Waals surface area contributed by atoms with Crippen LogP contribution in [0, 0.1) is 10.7 Å². The Hall–Kier alpha value is -0.940. The molecule has 0 aliphatic carbocycles. The Bertz CT molecular complexity index is 373. The van der Waals surface area contributed by atoms with Gasteiger partial charge in [0.15, 0.2) is 0 Å². The molecular formula is C14H19NS. The van der Waals surface area contributed by atoms with E-state index in [1.54, 1.807) is 0 Å². The van der Waals surface area contributed by atoms with E-state index in [1.807, 2.05) is 6.07 Å². The molecule has 0 N–H and O–H groups in total. The molecule has 1 aromatic carbocycles. The van der Waals surface area contributed by atoms with Gasteiger partial charge in [0.2, 0.25) is 0 Å². The Morgan fingerprint density at radius 3 is 2.19 bits per heavy atom. The molecule has 0 spiro atoms. The topological polar surface area (TPSA) is 23.8 Å². The van der Waals surface area contributed by atoms with Crippen LogP contribution in [-0.2, 0) is 5.41 Å². The Morgan fingerprint density at radius 2 is 1.69 bits per heavy atom. The van der Waals surface area contributed by atoms with Crippen molar-refractivity contribution in [2.45, 2.75) is 44.3 Å². The molecule has 0 heterocycles. The van der Waals surface area contributed by atoms with E-state index in [4.69, 9.17) is 5.26 Å². The van der Waals surface area contributed by atoms with Crippen molar-refractivity contribution >= 4 is 11.8 Å². The molecule has 0 fully saturated rings. The van der Waals surface area contributed by atoms with Gasteiger partial charge in [-0.25, -0.2) is 0 Å². The van der Waals surface area contributed by atoms with E-state index >= 15 is 0 Å². The van der Waals surface area contributed by atoms with E-state index in [2.05, 4.69) is 57.4 Å². The molecule has 0 aromatic heterocycles. The number of nitrogens with zero attached hydrogens (tertiary/aromatic N) is 1. The van der Waals surface area contributed by atoms with Gasteiger partial charge in [-0.15, -0.1) is 0 Å². The SMILES string of the molecule is CC(C)(CC(C)(C)c1ccccc1)SC#N. The van der Waals surface area contributed by atoms with Crippen molar-refractivity contribution in [1.29, 1.82) is 5.26 Å². The number of thioether (sulfide) groups is 1. The van der Waals surface area contributed by atoms with Crippen LogP contribution in [0.2, 0.25) is 0 Å². The summed E-state index contributed by atoms with van der Waals surface area (Å²) in [7, 11) is 0. The minimum Gasteiger partial charge on any atom is -0.185 e. The number of benzene rings is 1. The van der Waals surface area contributed by atoms with E-state index < -0.39 is 0 Å². The number of nitriles is 1. The molecule has 0 amide bonds.